The fourth-order valence-corrected chi connectivity index (χ4v) is 1.96. The molecule has 0 radical (unpaired) electrons. The molecule has 3 heteroatoms. The number of alkyl halides is 1. The van der Waals surface area contributed by atoms with Gasteiger partial charge in [-0.05, 0) is 31.4 Å². The second-order valence-corrected chi connectivity index (χ2v) is 4.39. The smallest absolute Gasteiger partial charge is 0.129 e. The van der Waals surface area contributed by atoms with Gasteiger partial charge in [-0.3, -0.25) is 0 Å². The molecule has 0 unspecified atom stereocenters. The molecular formula is C11H12BrFO. The van der Waals surface area contributed by atoms with Crippen molar-refractivity contribution in [1.82, 2.24) is 0 Å². The van der Waals surface area contributed by atoms with Gasteiger partial charge in [0.25, 0.3) is 0 Å². The standard InChI is InChI=1S/C11H12BrFO/c1-8-2-3-9(6-10(8)13)14-11(7-12)4-5-11/h2-3,6H,4-5,7H2,1H3. The Morgan fingerprint density at radius 2 is 2.21 bits per heavy atom. The van der Waals surface area contributed by atoms with Crippen LogP contribution in [0.1, 0.15) is 18.4 Å². The van der Waals surface area contributed by atoms with Gasteiger partial charge in [0.1, 0.15) is 17.2 Å². The number of benzene rings is 1. The maximum absolute atomic E-state index is 13.2. The van der Waals surface area contributed by atoms with Crippen LogP contribution in [0.5, 0.6) is 5.75 Å². The summed E-state index contributed by atoms with van der Waals surface area (Å²) in [5.41, 5.74) is 0.586. The van der Waals surface area contributed by atoms with E-state index in [9.17, 15) is 4.39 Å². The van der Waals surface area contributed by atoms with Crippen LogP contribution in [0.3, 0.4) is 0 Å². The van der Waals surface area contributed by atoms with E-state index in [0.717, 1.165) is 18.2 Å². The summed E-state index contributed by atoms with van der Waals surface area (Å²) < 4.78 is 18.9. The highest BCUT2D eigenvalue weighted by atomic mass is 79.9. The zero-order chi connectivity index (χ0) is 10.2. The van der Waals surface area contributed by atoms with E-state index in [1.54, 1.807) is 13.0 Å². The molecule has 0 saturated heterocycles. The van der Waals surface area contributed by atoms with Crippen molar-refractivity contribution in [2.24, 2.45) is 0 Å². The monoisotopic (exact) mass is 258 g/mol. The first-order chi connectivity index (χ1) is 6.65. The maximum Gasteiger partial charge on any atom is 0.129 e. The Morgan fingerprint density at radius 3 is 2.71 bits per heavy atom. The second-order valence-electron chi connectivity index (χ2n) is 3.83. The Morgan fingerprint density at radius 1 is 1.50 bits per heavy atom. The summed E-state index contributed by atoms with van der Waals surface area (Å²) in [6, 6.07) is 5.02. The summed E-state index contributed by atoms with van der Waals surface area (Å²) >= 11 is 3.41. The third-order valence-corrected chi connectivity index (χ3v) is 3.55. The van der Waals surface area contributed by atoms with Crippen LogP contribution in [0.4, 0.5) is 4.39 Å². The van der Waals surface area contributed by atoms with Crippen LogP contribution >= 0.6 is 15.9 Å². The van der Waals surface area contributed by atoms with Crippen molar-refractivity contribution in [2.75, 3.05) is 5.33 Å². The van der Waals surface area contributed by atoms with E-state index in [0.29, 0.717) is 11.3 Å². The van der Waals surface area contributed by atoms with Gasteiger partial charge in [-0.2, -0.15) is 0 Å². The van der Waals surface area contributed by atoms with E-state index < -0.39 is 0 Å². The van der Waals surface area contributed by atoms with Gasteiger partial charge in [0, 0.05) is 11.4 Å². The Kier molecular flexibility index (Phi) is 2.52. The Balaban J connectivity index is 2.14. The molecule has 1 aromatic rings. The highest BCUT2D eigenvalue weighted by Gasteiger charge is 2.44. The minimum atomic E-state index is -0.201. The molecular weight excluding hydrogens is 247 g/mol. The molecule has 0 N–H and O–H groups in total. The van der Waals surface area contributed by atoms with Crippen LogP contribution in [-0.4, -0.2) is 10.9 Å². The van der Waals surface area contributed by atoms with Gasteiger partial charge in [-0.25, -0.2) is 4.39 Å². The second kappa shape index (κ2) is 3.54. The van der Waals surface area contributed by atoms with E-state index >= 15 is 0 Å². The first kappa shape index (κ1) is 9.97. The number of halogens is 2. The van der Waals surface area contributed by atoms with Gasteiger partial charge in [-0.15, -0.1) is 0 Å². The molecule has 1 nitrogen and oxygen atoms in total. The van der Waals surface area contributed by atoms with Gasteiger partial charge in [0.2, 0.25) is 0 Å². The molecule has 0 atom stereocenters. The Bertz CT molecular complexity index is 347. The van der Waals surface area contributed by atoms with Gasteiger partial charge >= 0.3 is 0 Å². The molecule has 0 heterocycles. The Labute approximate surface area is 91.4 Å². The molecule has 1 saturated carbocycles. The molecule has 14 heavy (non-hydrogen) atoms. The highest BCUT2D eigenvalue weighted by Crippen LogP contribution is 2.41. The molecule has 1 aliphatic carbocycles. The van der Waals surface area contributed by atoms with Crippen molar-refractivity contribution >= 4 is 15.9 Å². The average Bonchev–Trinajstić information content (AvgIpc) is 2.93. The Hall–Kier alpha value is -0.570. The lowest BCUT2D eigenvalue weighted by molar-refractivity contribution is 0.205. The summed E-state index contributed by atoms with van der Waals surface area (Å²) in [7, 11) is 0. The van der Waals surface area contributed by atoms with Crippen molar-refractivity contribution in [3.63, 3.8) is 0 Å². The minimum Gasteiger partial charge on any atom is -0.486 e. The lowest BCUT2D eigenvalue weighted by Crippen LogP contribution is -2.19. The summed E-state index contributed by atoms with van der Waals surface area (Å²) in [5, 5.41) is 0.815. The van der Waals surface area contributed by atoms with Crippen molar-refractivity contribution < 1.29 is 9.13 Å². The third-order valence-electron chi connectivity index (χ3n) is 2.53. The summed E-state index contributed by atoms with van der Waals surface area (Å²) in [4.78, 5) is 0. The molecule has 0 amide bonds. The fraction of sp³-hybridized carbons (Fsp3) is 0.455. The number of hydrogen-bond acceptors (Lipinski definition) is 1. The van der Waals surface area contributed by atoms with E-state index in [-0.39, 0.29) is 11.4 Å². The molecule has 0 aliphatic heterocycles. The zero-order valence-corrected chi connectivity index (χ0v) is 9.60. The van der Waals surface area contributed by atoms with Crippen LogP contribution in [0.15, 0.2) is 18.2 Å². The van der Waals surface area contributed by atoms with E-state index in [2.05, 4.69) is 15.9 Å². The topological polar surface area (TPSA) is 9.23 Å². The van der Waals surface area contributed by atoms with Crippen molar-refractivity contribution in [2.45, 2.75) is 25.4 Å². The van der Waals surface area contributed by atoms with E-state index in [1.807, 2.05) is 6.07 Å². The highest BCUT2D eigenvalue weighted by molar-refractivity contribution is 9.09. The van der Waals surface area contributed by atoms with Gasteiger partial charge in [0.05, 0.1) is 0 Å². The molecule has 1 aromatic carbocycles. The van der Waals surface area contributed by atoms with Crippen LogP contribution < -0.4 is 4.74 Å². The van der Waals surface area contributed by atoms with Crippen LogP contribution in [-0.2, 0) is 0 Å². The number of ether oxygens (including phenoxy) is 1. The average molecular weight is 259 g/mol. The number of hydrogen-bond donors (Lipinski definition) is 0. The van der Waals surface area contributed by atoms with Crippen LogP contribution in [0.25, 0.3) is 0 Å². The molecule has 2 rings (SSSR count). The zero-order valence-electron chi connectivity index (χ0n) is 8.02. The lowest BCUT2D eigenvalue weighted by Gasteiger charge is -2.15. The summed E-state index contributed by atoms with van der Waals surface area (Å²) in [5.74, 6) is 0.429. The number of rotatable bonds is 3. The van der Waals surface area contributed by atoms with Gasteiger partial charge < -0.3 is 4.74 Å². The molecule has 76 valence electrons. The SMILES string of the molecule is Cc1ccc(OC2(CBr)CC2)cc1F. The maximum atomic E-state index is 13.2. The lowest BCUT2D eigenvalue weighted by atomic mass is 10.2. The fourth-order valence-electron chi connectivity index (χ4n) is 1.29. The first-order valence-corrected chi connectivity index (χ1v) is 5.78. The minimum absolute atomic E-state index is 0.0678. The molecule has 0 spiro atoms. The van der Waals surface area contributed by atoms with E-state index in [4.69, 9.17) is 4.74 Å². The van der Waals surface area contributed by atoms with Gasteiger partial charge in [-0.1, -0.05) is 22.0 Å². The molecule has 1 fully saturated rings. The summed E-state index contributed by atoms with van der Waals surface area (Å²) in [6.07, 6.45) is 2.10. The van der Waals surface area contributed by atoms with Crippen LogP contribution in [0, 0.1) is 12.7 Å². The van der Waals surface area contributed by atoms with Gasteiger partial charge in [0.15, 0.2) is 0 Å². The molecule has 0 aromatic heterocycles. The normalized spacial score (nSPS) is 17.9. The van der Waals surface area contributed by atoms with E-state index in [1.165, 1.54) is 6.07 Å². The molecule has 0 bridgehead atoms. The molecule has 1 aliphatic rings. The summed E-state index contributed by atoms with van der Waals surface area (Å²) in [6.45, 7) is 1.75. The first-order valence-electron chi connectivity index (χ1n) is 4.66. The van der Waals surface area contributed by atoms with Crippen molar-refractivity contribution in [3.8, 4) is 5.75 Å². The number of aryl methyl sites for hydroxylation is 1. The van der Waals surface area contributed by atoms with Crippen molar-refractivity contribution in [1.29, 1.82) is 0 Å². The van der Waals surface area contributed by atoms with Crippen LogP contribution in [0.2, 0.25) is 0 Å². The van der Waals surface area contributed by atoms with Crippen molar-refractivity contribution in [3.05, 3.63) is 29.6 Å². The predicted octanol–water partition coefficient (Wildman–Crippen LogP) is 3.44. The predicted molar refractivity (Wildman–Crippen MR) is 57.5 cm³/mol. The quantitative estimate of drug-likeness (QED) is 0.755. The largest absolute Gasteiger partial charge is 0.486 e. The third kappa shape index (κ3) is 1.92.